The molecule has 0 heterocycles. The Morgan fingerprint density at radius 2 is 2.12 bits per heavy atom. The van der Waals surface area contributed by atoms with Crippen LogP contribution in [0.1, 0.15) is 12.0 Å². The van der Waals surface area contributed by atoms with E-state index in [1.165, 1.54) is 0 Å². The topological polar surface area (TPSA) is 32.3 Å². The van der Waals surface area contributed by atoms with Crippen LogP contribution in [0.2, 0.25) is 10.0 Å². The van der Waals surface area contributed by atoms with E-state index >= 15 is 0 Å². The molecule has 0 fully saturated rings. The maximum atomic E-state index is 9.03. The van der Waals surface area contributed by atoms with Gasteiger partial charge in [-0.15, -0.1) is 0 Å². The number of nitrogens with one attached hydrogen (secondary N) is 1. The van der Waals surface area contributed by atoms with Gasteiger partial charge in [0.15, 0.2) is 0 Å². The Hall–Kier alpha value is -0.540. The summed E-state index contributed by atoms with van der Waals surface area (Å²) in [5.74, 6) is 0.280. The van der Waals surface area contributed by atoms with Crippen LogP contribution in [0.4, 0.5) is 0 Å². The van der Waals surface area contributed by atoms with Crippen LogP contribution in [0.15, 0.2) is 30.4 Å². The van der Waals surface area contributed by atoms with Gasteiger partial charge >= 0.3 is 0 Å². The number of aliphatic hydroxyl groups excluding tert-OH is 1. The molecule has 0 saturated carbocycles. The van der Waals surface area contributed by atoms with E-state index in [0.717, 1.165) is 12.0 Å². The number of hydrogen-bond acceptors (Lipinski definition) is 2. The number of rotatable bonds is 4. The molecule has 17 heavy (non-hydrogen) atoms. The first-order valence-corrected chi connectivity index (χ1v) is 6.41. The quantitative estimate of drug-likeness (QED) is 0.826. The van der Waals surface area contributed by atoms with Gasteiger partial charge in [0.25, 0.3) is 0 Å². The van der Waals surface area contributed by atoms with Crippen molar-refractivity contribution in [3.63, 3.8) is 0 Å². The van der Waals surface area contributed by atoms with E-state index in [1.807, 2.05) is 12.1 Å². The van der Waals surface area contributed by atoms with Crippen molar-refractivity contribution in [1.29, 1.82) is 0 Å². The lowest BCUT2D eigenvalue weighted by Crippen LogP contribution is -2.26. The van der Waals surface area contributed by atoms with Crippen molar-refractivity contribution in [1.82, 2.24) is 5.32 Å². The second-order valence-electron chi connectivity index (χ2n) is 4.26. The predicted molar refractivity (Wildman–Crippen MR) is 71.4 cm³/mol. The maximum Gasteiger partial charge on any atom is 0.0637 e. The molecule has 1 aliphatic carbocycles. The number of halogens is 2. The van der Waals surface area contributed by atoms with Crippen molar-refractivity contribution in [3.05, 3.63) is 46.0 Å². The van der Waals surface area contributed by atoms with E-state index < -0.39 is 0 Å². The molecular formula is C13H15Cl2NO. The van der Waals surface area contributed by atoms with Crippen LogP contribution in [0, 0.1) is 5.92 Å². The highest BCUT2D eigenvalue weighted by Crippen LogP contribution is 2.26. The highest BCUT2D eigenvalue weighted by Gasteiger charge is 2.17. The lowest BCUT2D eigenvalue weighted by Gasteiger charge is -2.13. The average Bonchev–Trinajstić information content (AvgIpc) is 2.79. The summed E-state index contributed by atoms with van der Waals surface area (Å²) in [4.78, 5) is 0. The first-order valence-electron chi connectivity index (χ1n) is 5.66. The van der Waals surface area contributed by atoms with E-state index in [-0.39, 0.29) is 12.5 Å². The SMILES string of the molecule is OC[C@H]1C=C[C@@H](NCc2cccc(Cl)c2Cl)C1. The van der Waals surface area contributed by atoms with Crippen molar-refractivity contribution < 1.29 is 5.11 Å². The monoisotopic (exact) mass is 271 g/mol. The molecule has 0 aromatic heterocycles. The largest absolute Gasteiger partial charge is 0.396 e. The summed E-state index contributed by atoms with van der Waals surface area (Å²) in [6.45, 7) is 0.902. The van der Waals surface area contributed by atoms with Crippen molar-refractivity contribution in [2.24, 2.45) is 5.92 Å². The summed E-state index contributed by atoms with van der Waals surface area (Å²) in [7, 11) is 0. The third-order valence-corrected chi connectivity index (χ3v) is 3.85. The predicted octanol–water partition coefficient (Wildman–Crippen LogP) is 3.02. The highest BCUT2D eigenvalue weighted by atomic mass is 35.5. The Kier molecular flexibility index (Phi) is 4.46. The van der Waals surface area contributed by atoms with Crippen LogP contribution in [0.25, 0.3) is 0 Å². The van der Waals surface area contributed by atoms with Crippen LogP contribution >= 0.6 is 23.2 Å². The van der Waals surface area contributed by atoms with Crippen LogP contribution in [-0.4, -0.2) is 17.8 Å². The van der Waals surface area contributed by atoms with E-state index in [9.17, 15) is 0 Å². The van der Waals surface area contributed by atoms with E-state index in [0.29, 0.717) is 22.6 Å². The van der Waals surface area contributed by atoms with Gasteiger partial charge in [0, 0.05) is 25.1 Å². The average molecular weight is 272 g/mol. The summed E-state index contributed by atoms with van der Waals surface area (Å²) in [6, 6.07) is 5.95. The third kappa shape index (κ3) is 3.23. The Morgan fingerprint density at radius 1 is 1.29 bits per heavy atom. The van der Waals surface area contributed by atoms with Gasteiger partial charge in [-0.3, -0.25) is 0 Å². The smallest absolute Gasteiger partial charge is 0.0637 e. The van der Waals surface area contributed by atoms with Crippen molar-refractivity contribution in [2.45, 2.75) is 19.0 Å². The van der Waals surface area contributed by atoms with Crippen LogP contribution in [0.5, 0.6) is 0 Å². The molecule has 2 rings (SSSR count). The number of benzene rings is 1. The van der Waals surface area contributed by atoms with Crippen LogP contribution in [0.3, 0.4) is 0 Å². The van der Waals surface area contributed by atoms with Gasteiger partial charge < -0.3 is 10.4 Å². The Morgan fingerprint density at radius 3 is 2.82 bits per heavy atom. The van der Waals surface area contributed by atoms with E-state index in [2.05, 4.69) is 17.5 Å². The van der Waals surface area contributed by atoms with Crippen molar-refractivity contribution >= 4 is 23.2 Å². The second-order valence-corrected chi connectivity index (χ2v) is 5.05. The van der Waals surface area contributed by atoms with E-state index in [1.54, 1.807) is 6.07 Å². The molecule has 2 N–H and O–H groups in total. The van der Waals surface area contributed by atoms with Crippen molar-refractivity contribution in [3.8, 4) is 0 Å². The first kappa shape index (κ1) is 12.9. The molecule has 2 nitrogen and oxygen atoms in total. The summed E-state index contributed by atoms with van der Waals surface area (Å²) < 4.78 is 0. The minimum Gasteiger partial charge on any atom is -0.396 e. The summed E-state index contributed by atoms with van der Waals surface area (Å²) >= 11 is 12.1. The Bertz CT molecular complexity index is 420. The Labute approximate surface area is 111 Å². The molecule has 2 atom stereocenters. The summed E-state index contributed by atoms with van der Waals surface area (Å²) in [5, 5.41) is 13.6. The fraction of sp³-hybridized carbons (Fsp3) is 0.385. The molecule has 0 radical (unpaired) electrons. The molecule has 1 aliphatic rings. The molecule has 1 aromatic carbocycles. The van der Waals surface area contributed by atoms with Gasteiger partial charge in [0.2, 0.25) is 0 Å². The minimum absolute atomic E-state index is 0.215. The highest BCUT2D eigenvalue weighted by molar-refractivity contribution is 6.42. The maximum absolute atomic E-state index is 9.03. The minimum atomic E-state index is 0.215. The van der Waals surface area contributed by atoms with Crippen LogP contribution < -0.4 is 5.32 Å². The van der Waals surface area contributed by atoms with Gasteiger partial charge in [-0.05, 0) is 18.1 Å². The zero-order valence-electron chi connectivity index (χ0n) is 9.37. The molecule has 0 spiro atoms. The van der Waals surface area contributed by atoms with Gasteiger partial charge in [-0.2, -0.15) is 0 Å². The molecule has 0 amide bonds. The summed E-state index contributed by atoms with van der Waals surface area (Å²) in [5.41, 5.74) is 1.00. The zero-order chi connectivity index (χ0) is 12.3. The number of aliphatic hydroxyl groups is 1. The molecule has 0 bridgehead atoms. The van der Waals surface area contributed by atoms with Gasteiger partial charge in [-0.25, -0.2) is 0 Å². The van der Waals surface area contributed by atoms with Gasteiger partial charge in [-0.1, -0.05) is 47.5 Å². The van der Waals surface area contributed by atoms with Gasteiger partial charge in [0.05, 0.1) is 10.0 Å². The van der Waals surface area contributed by atoms with Crippen LogP contribution in [-0.2, 0) is 6.54 Å². The molecule has 1 aromatic rings. The molecule has 4 heteroatoms. The lowest BCUT2D eigenvalue weighted by molar-refractivity contribution is 0.246. The Balaban J connectivity index is 1.91. The zero-order valence-corrected chi connectivity index (χ0v) is 10.9. The normalized spacial score (nSPS) is 23.2. The first-order chi connectivity index (χ1) is 8.20. The third-order valence-electron chi connectivity index (χ3n) is 2.99. The molecule has 0 saturated heterocycles. The standard InChI is InChI=1S/C13H15Cl2NO/c14-12-3-1-2-10(13(12)15)7-16-11-5-4-9(6-11)8-17/h1-5,9,11,16-17H,6-8H2/t9-,11+/m0/s1. The summed E-state index contributed by atoms with van der Waals surface area (Å²) in [6.07, 6.45) is 5.09. The molecule has 0 unspecified atom stereocenters. The fourth-order valence-electron chi connectivity index (χ4n) is 1.99. The second kappa shape index (κ2) is 5.87. The van der Waals surface area contributed by atoms with Gasteiger partial charge in [0.1, 0.15) is 0 Å². The molecule has 0 aliphatic heterocycles. The molecule has 92 valence electrons. The van der Waals surface area contributed by atoms with Crippen molar-refractivity contribution in [2.75, 3.05) is 6.61 Å². The fourth-order valence-corrected chi connectivity index (χ4v) is 2.37. The molecular weight excluding hydrogens is 257 g/mol. The number of hydrogen-bond donors (Lipinski definition) is 2. The van der Waals surface area contributed by atoms with E-state index in [4.69, 9.17) is 28.3 Å². The lowest BCUT2D eigenvalue weighted by atomic mass is 10.1.